The molecule has 0 spiro atoms. The van der Waals surface area contributed by atoms with Gasteiger partial charge in [0.15, 0.2) is 0 Å². The van der Waals surface area contributed by atoms with E-state index in [9.17, 15) is 5.11 Å². The van der Waals surface area contributed by atoms with Crippen LogP contribution in [0.5, 0.6) is 5.75 Å². The van der Waals surface area contributed by atoms with Gasteiger partial charge in [0.25, 0.3) is 0 Å². The number of aliphatic hydroxyl groups excluding tert-OH is 1. The predicted octanol–water partition coefficient (Wildman–Crippen LogP) is 5.30. The Morgan fingerprint density at radius 1 is 1.24 bits per heavy atom. The zero-order chi connectivity index (χ0) is 14.8. The van der Waals surface area contributed by atoms with Crippen molar-refractivity contribution in [2.45, 2.75) is 19.6 Å². The summed E-state index contributed by atoms with van der Waals surface area (Å²) in [4.78, 5) is 0. The number of ether oxygens (including phenoxy) is 1. The van der Waals surface area contributed by atoms with Gasteiger partial charge < -0.3 is 9.84 Å². The molecule has 0 saturated carbocycles. The summed E-state index contributed by atoms with van der Waals surface area (Å²) in [6.07, 6.45) is -0.549. The van der Waals surface area contributed by atoms with Crippen molar-refractivity contribution in [2.75, 3.05) is 0 Å². The van der Waals surface area contributed by atoms with Crippen LogP contribution in [0.3, 0.4) is 0 Å². The summed E-state index contributed by atoms with van der Waals surface area (Å²) in [7, 11) is 0. The first-order chi connectivity index (χ1) is 10.1. The molecule has 0 aliphatic rings. The van der Waals surface area contributed by atoms with Crippen LogP contribution >= 0.6 is 27.3 Å². The Labute approximate surface area is 136 Å². The Balaban J connectivity index is 1.86. The van der Waals surface area contributed by atoms with Crippen molar-refractivity contribution in [3.8, 4) is 5.75 Å². The van der Waals surface area contributed by atoms with E-state index in [1.165, 1.54) is 15.6 Å². The van der Waals surface area contributed by atoms with Crippen LogP contribution in [0, 0.1) is 0 Å². The Morgan fingerprint density at radius 3 is 2.86 bits per heavy atom. The van der Waals surface area contributed by atoms with Gasteiger partial charge in [0.05, 0.1) is 6.10 Å². The first-order valence-corrected chi connectivity index (χ1v) is 8.38. The Bertz CT molecular complexity index is 764. The van der Waals surface area contributed by atoms with Crippen molar-refractivity contribution in [3.05, 3.63) is 63.4 Å². The van der Waals surface area contributed by atoms with Gasteiger partial charge in [-0.15, -0.1) is 11.3 Å². The quantitative estimate of drug-likeness (QED) is 0.682. The zero-order valence-electron chi connectivity index (χ0n) is 11.5. The van der Waals surface area contributed by atoms with Gasteiger partial charge >= 0.3 is 0 Å². The van der Waals surface area contributed by atoms with Crippen LogP contribution in [-0.2, 0) is 6.61 Å². The minimum Gasteiger partial charge on any atom is -0.488 e. The fourth-order valence-corrected chi connectivity index (χ4v) is 3.57. The van der Waals surface area contributed by atoms with Crippen molar-refractivity contribution < 1.29 is 9.84 Å². The lowest BCUT2D eigenvalue weighted by molar-refractivity contribution is 0.190. The molecular formula is C17H15BrO2S. The molecule has 2 aromatic carbocycles. The van der Waals surface area contributed by atoms with Crippen LogP contribution in [0.2, 0.25) is 0 Å². The lowest BCUT2D eigenvalue weighted by Crippen LogP contribution is -2.00. The topological polar surface area (TPSA) is 29.5 Å². The molecule has 0 fully saturated rings. The van der Waals surface area contributed by atoms with E-state index in [2.05, 4.69) is 33.4 Å². The Hall–Kier alpha value is -1.36. The first-order valence-electron chi connectivity index (χ1n) is 6.70. The molecular weight excluding hydrogens is 348 g/mol. The zero-order valence-corrected chi connectivity index (χ0v) is 13.9. The highest BCUT2D eigenvalue weighted by molar-refractivity contribution is 9.10. The largest absolute Gasteiger partial charge is 0.488 e. The molecule has 3 rings (SSSR count). The highest BCUT2D eigenvalue weighted by atomic mass is 79.9. The van der Waals surface area contributed by atoms with Gasteiger partial charge in [0, 0.05) is 20.3 Å². The van der Waals surface area contributed by atoms with E-state index in [0.29, 0.717) is 6.61 Å². The maximum atomic E-state index is 9.83. The average molecular weight is 363 g/mol. The number of benzene rings is 2. The van der Waals surface area contributed by atoms with Gasteiger partial charge in [0.1, 0.15) is 12.4 Å². The van der Waals surface area contributed by atoms with Crippen molar-refractivity contribution in [2.24, 2.45) is 0 Å². The molecule has 1 heterocycles. The van der Waals surface area contributed by atoms with Crippen molar-refractivity contribution >= 4 is 37.4 Å². The molecule has 1 N–H and O–H groups in total. The van der Waals surface area contributed by atoms with Crippen LogP contribution in [0.25, 0.3) is 10.1 Å². The summed E-state index contributed by atoms with van der Waals surface area (Å²) in [6, 6.07) is 14.0. The molecule has 1 atom stereocenters. The van der Waals surface area contributed by atoms with E-state index in [4.69, 9.17) is 4.74 Å². The van der Waals surface area contributed by atoms with Crippen molar-refractivity contribution in [3.63, 3.8) is 0 Å². The van der Waals surface area contributed by atoms with Crippen LogP contribution in [0.15, 0.2) is 52.3 Å². The SMILES string of the molecule is C[C@H](O)c1ccc(Br)cc1OCc1csc2ccccc12. The van der Waals surface area contributed by atoms with Crippen LogP contribution < -0.4 is 4.74 Å². The fourth-order valence-electron chi connectivity index (χ4n) is 2.28. The van der Waals surface area contributed by atoms with Gasteiger partial charge in [-0.2, -0.15) is 0 Å². The number of aliphatic hydroxyl groups is 1. The second-order valence-electron chi connectivity index (χ2n) is 4.90. The summed E-state index contributed by atoms with van der Waals surface area (Å²) < 4.78 is 8.16. The highest BCUT2D eigenvalue weighted by Gasteiger charge is 2.11. The summed E-state index contributed by atoms with van der Waals surface area (Å²) in [5.74, 6) is 0.717. The van der Waals surface area contributed by atoms with Gasteiger partial charge in [-0.05, 0) is 35.9 Å². The number of thiophene rings is 1. The van der Waals surface area contributed by atoms with Gasteiger partial charge in [-0.1, -0.05) is 40.2 Å². The monoisotopic (exact) mass is 362 g/mol. The predicted molar refractivity (Wildman–Crippen MR) is 90.9 cm³/mol. The van der Waals surface area contributed by atoms with Crippen LogP contribution in [0.4, 0.5) is 0 Å². The van der Waals surface area contributed by atoms with Crippen molar-refractivity contribution in [1.29, 1.82) is 0 Å². The smallest absolute Gasteiger partial charge is 0.126 e. The van der Waals surface area contributed by atoms with Crippen molar-refractivity contribution in [1.82, 2.24) is 0 Å². The van der Waals surface area contributed by atoms with Gasteiger partial charge in [-0.3, -0.25) is 0 Å². The third-order valence-electron chi connectivity index (χ3n) is 3.37. The first kappa shape index (κ1) is 14.6. The van der Waals surface area contributed by atoms with Gasteiger partial charge in [-0.25, -0.2) is 0 Å². The standard InChI is InChI=1S/C17H15BrO2S/c1-11(19)14-7-6-13(18)8-16(14)20-9-12-10-21-17-5-3-2-4-15(12)17/h2-8,10-11,19H,9H2,1H3/t11-/m0/s1. The molecule has 3 aromatic rings. The van der Waals surface area contributed by atoms with E-state index >= 15 is 0 Å². The normalized spacial score (nSPS) is 12.5. The van der Waals surface area contributed by atoms with E-state index in [0.717, 1.165) is 15.8 Å². The molecule has 0 unspecified atom stereocenters. The highest BCUT2D eigenvalue weighted by Crippen LogP contribution is 2.31. The second kappa shape index (κ2) is 6.18. The number of rotatable bonds is 4. The second-order valence-corrected chi connectivity index (χ2v) is 6.73. The number of hydrogen-bond donors (Lipinski definition) is 1. The minimum atomic E-state index is -0.549. The molecule has 2 nitrogen and oxygen atoms in total. The molecule has 0 amide bonds. The van der Waals surface area contributed by atoms with E-state index in [1.807, 2.05) is 30.3 Å². The van der Waals surface area contributed by atoms with E-state index in [1.54, 1.807) is 18.3 Å². The fraction of sp³-hybridized carbons (Fsp3) is 0.176. The third-order valence-corrected chi connectivity index (χ3v) is 4.88. The van der Waals surface area contributed by atoms with Crippen LogP contribution in [-0.4, -0.2) is 5.11 Å². The Morgan fingerprint density at radius 2 is 2.05 bits per heavy atom. The molecule has 0 radical (unpaired) electrons. The lowest BCUT2D eigenvalue weighted by atomic mass is 10.1. The average Bonchev–Trinajstić information content (AvgIpc) is 2.88. The number of halogens is 1. The number of fused-ring (bicyclic) bond motifs is 1. The number of hydrogen-bond acceptors (Lipinski definition) is 3. The molecule has 108 valence electrons. The maximum Gasteiger partial charge on any atom is 0.126 e. The summed E-state index contributed by atoms with van der Waals surface area (Å²) in [6.45, 7) is 2.25. The molecule has 21 heavy (non-hydrogen) atoms. The van der Waals surface area contributed by atoms with Gasteiger partial charge in [0.2, 0.25) is 0 Å². The summed E-state index contributed by atoms with van der Waals surface area (Å²) in [5.41, 5.74) is 1.98. The minimum absolute atomic E-state index is 0.500. The molecule has 1 aromatic heterocycles. The van der Waals surface area contributed by atoms with Crippen LogP contribution in [0.1, 0.15) is 24.2 Å². The molecule has 0 aliphatic carbocycles. The third kappa shape index (κ3) is 3.12. The summed E-state index contributed by atoms with van der Waals surface area (Å²) >= 11 is 5.17. The van der Waals surface area contributed by atoms with E-state index < -0.39 is 6.10 Å². The molecule has 4 heteroatoms. The molecule has 0 aliphatic heterocycles. The Kier molecular flexibility index (Phi) is 4.29. The maximum absolute atomic E-state index is 9.83. The summed E-state index contributed by atoms with van der Waals surface area (Å²) in [5, 5.41) is 13.2. The van der Waals surface area contributed by atoms with E-state index in [-0.39, 0.29) is 0 Å². The molecule has 0 saturated heterocycles. The molecule has 0 bridgehead atoms. The lowest BCUT2D eigenvalue weighted by Gasteiger charge is -2.13.